The molecule has 2 aromatic carbocycles. The van der Waals surface area contributed by atoms with Crippen molar-refractivity contribution in [2.45, 2.75) is 12.8 Å². The smallest absolute Gasteiger partial charge is 0.227 e. The zero-order valence-corrected chi connectivity index (χ0v) is 15.4. The lowest BCUT2D eigenvalue weighted by Crippen LogP contribution is -2.12. The third-order valence-electron chi connectivity index (χ3n) is 3.95. The van der Waals surface area contributed by atoms with Gasteiger partial charge in [-0.05, 0) is 36.4 Å². The van der Waals surface area contributed by atoms with Crippen molar-refractivity contribution in [2.75, 3.05) is 19.5 Å². The van der Waals surface area contributed by atoms with Crippen molar-refractivity contribution < 1.29 is 18.8 Å². The molecule has 0 saturated heterocycles. The molecule has 8 nitrogen and oxygen atoms in total. The highest BCUT2D eigenvalue weighted by Crippen LogP contribution is 2.31. The summed E-state index contributed by atoms with van der Waals surface area (Å²) in [5.41, 5.74) is 1.76. The largest absolute Gasteiger partial charge is 0.493 e. The van der Waals surface area contributed by atoms with Crippen LogP contribution in [0.25, 0.3) is 11.4 Å². The van der Waals surface area contributed by atoms with Crippen molar-refractivity contribution in [2.24, 2.45) is 0 Å². The summed E-state index contributed by atoms with van der Waals surface area (Å²) in [5.74, 6) is 1.71. The average Bonchev–Trinajstić information content (AvgIpc) is 3.21. The van der Waals surface area contributed by atoms with E-state index in [1.807, 2.05) is 6.07 Å². The van der Waals surface area contributed by atoms with Crippen molar-refractivity contribution in [3.05, 3.63) is 53.9 Å². The topological polar surface area (TPSA) is 110 Å². The Morgan fingerprint density at radius 1 is 1.18 bits per heavy atom. The van der Waals surface area contributed by atoms with E-state index < -0.39 is 0 Å². The van der Waals surface area contributed by atoms with Gasteiger partial charge in [0.15, 0.2) is 11.5 Å². The Labute approximate surface area is 161 Å². The number of aromatic nitrogens is 2. The first-order valence-corrected chi connectivity index (χ1v) is 8.48. The van der Waals surface area contributed by atoms with E-state index in [-0.39, 0.29) is 12.3 Å². The molecule has 0 aliphatic heterocycles. The third-order valence-corrected chi connectivity index (χ3v) is 3.95. The maximum atomic E-state index is 12.1. The summed E-state index contributed by atoms with van der Waals surface area (Å²) in [5, 5.41) is 15.6. The average molecular weight is 378 g/mol. The molecule has 0 aliphatic rings. The number of nitrogens with zero attached hydrogens (tertiary/aromatic N) is 3. The second-order valence-electron chi connectivity index (χ2n) is 5.82. The fourth-order valence-corrected chi connectivity index (χ4v) is 2.56. The zero-order valence-electron chi connectivity index (χ0n) is 15.4. The maximum Gasteiger partial charge on any atom is 0.227 e. The Balaban J connectivity index is 1.61. The summed E-state index contributed by atoms with van der Waals surface area (Å²) in [4.78, 5) is 16.4. The minimum Gasteiger partial charge on any atom is -0.493 e. The molecule has 1 amide bonds. The normalized spacial score (nSPS) is 10.2. The first kappa shape index (κ1) is 18.9. The standard InChI is InChI=1S/C20H18N4O4/c1-26-16-7-6-14(11-17(16)27-2)20-23-19(28-24-20)9-8-18(25)22-15-5-3-4-13(10-15)12-21/h3-7,10-11H,8-9H2,1-2H3,(H,22,25). The van der Waals surface area contributed by atoms with E-state index >= 15 is 0 Å². The van der Waals surface area contributed by atoms with E-state index in [4.69, 9.17) is 19.3 Å². The van der Waals surface area contributed by atoms with E-state index in [1.165, 1.54) is 0 Å². The Morgan fingerprint density at radius 2 is 2.00 bits per heavy atom. The number of methoxy groups -OCH3 is 2. The monoisotopic (exact) mass is 378 g/mol. The summed E-state index contributed by atoms with van der Waals surface area (Å²) in [7, 11) is 3.11. The van der Waals surface area contributed by atoms with Crippen LogP contribution < -0.4 is 14.8 Å². The lowest BCUT2D eigenvalue weighted by molar-refractivity contribution is -0.116. The number of aryl methyl sites for hydroxylation is 1. The number of rotatable bonds is 7. The quantitative estimate of drug-likeness (QED) is 0.672. The predicted molar refractivity (Wildman–Crippen MR) is 101 cm³/mol. The van der Waals surface area contributed by atoms with Gasteiger partial charge in [-0.1, -0.05) is 11.2 Å². The summed E-state index contributed by atoms with van der Waals surface area (Å²) in [6.45, 7) is 0. The molecule has 0 radical (unpaired) electrons. The first-order chi connectivity index (χ1) is 13.6. The molecule has 142 valence electrons. The van der Waals surface area contributed by atoms with Gasteiger partial charge in [0.2, 0.25) is 17.6 Å². The number of benzene rings is 2. The van der Waals surface area contributed by atoms with Crippen LogP contribution in [0.15, 0.2) is 47.0 Å². The predicted octanol–water partition coefficient (Wildman–Crippen LogP) is 3.20. The number of nitrogens with one attached hydrogen (secondary N) is 1. The fourth-order valence-electron chi connectivity index (χ4n) is 2.56. The van der Waals surface area contributed by atoms with Crippen LogP contribution in [0.2, 0.25) is 0 Å². The summed E-state index contributed by atoms with van der Waals surface area (Å²) < 4.78 is 15.7. The van der Waals surface area contributed by atoms with Gasteiger partial charge in [-0.15, -0.1) is 0 Å². The fraction of sp³-hybridized carbons (Fsp3) is 0.200. The number of hydrogen-bond acceptors (Lipinski definition) is 7. The second kappa shape index (κ2) is 8.68. The van der Waals surface area contributed by atoms with Crippen molar-refractivity contribution in [3.8, 4) is 29.0 Å². The third kappa shape index (κ3) is 4.45. The van der Waals surface area contributed by atoms with Gasteiger partial charge >= 0.3 is 0 Å². The van der Waals surface area contributed by atoms with Crippen LogP contribution in [0.5, 0.6) is 11.5 Å². The molecule has 28 heavy (non-hydrogen) atoms. The van der Waals surface area contributed by atoms with E-state index in [2.05, 4.69) is 15.5 Å². The maximum absolute atomic E-state index is 12.1. The van der Waals surface area contributed by atoms with Crippen LogP contribution in [0.4, 0.5) is 5.69 Å². The van der Waals surface area contributed by atoms with Crippen LogP contribution >= 0.6 is 0 Å². The molecule has 0 unspecified atom stereocenters. The highest BCUT2D eigenvalue weighted by Gasteiger charge is 2.13. The van der Waals surface area contributed by atoms with Gasteiger partial charge in [-0.25, -0.2) is 0 Å². The molecular weight excluding hydrogens is 360 g/mol. The van der Waals surface area contributed by atoms with E-state index in [0.717, 1.165) is 0 Å². The molecule has 0 spiro atoms. The van der Waals surface area contributed by atoms with Crippen molar-refractivity contribution in [3.63, 3.8) is 0 Å². The molecule has 1 aromatic heterocycles. The zero-order chi connectivity index (χ0) is 19.9. The van der Waals surface area contributed by atoms with Gasteiger partial charge in [-0.2, -0.15) is 10.2 Å². The van der Waals surface area contributed by atoms with Crippen molar-refractivity contribution >= 4 is 11.6 Å². The van der Waals surface area contributed by atoms with E-state index in [0.29, 0.717) is 46.4 Å². The molecule has 0 atom stereocenters. The Kier molecular flexibility index (Phi) is 5.87. The number of anilines is 1. The molecule has 0 aliphatic carbocycles. The highest BCUT2D eigenvalue weighted by molar-refractivity contribution is 5.90. The highest BCUT2D eigenvalue weighted by atomic mass is 16.5. The Bertz CT molecular complexity index is 1020. The number of carbonyl (C=O) groups excluding carboxylic acids is 1. The van der Waals surface area contributed by atoms with E-state index in [1.54, 1.807) is 56.7 Å². The number of nitriles is 1. The van der Waals surface area contributed by atoms with Crippen LogP contribution in [0.3, 0.4) is 0 Å². The van der Waals surface area contributed by atoms with Gasteiger partial charge in [0.25, 0.3) is 0 Å². The molecule has 3 rings (SSSR count). The van der Waals surface area contributed by atoms with Crippen molar-refractivity contribution in [1.82, 2.24) is 10.1 Å². The second-order valence-corrected chi connectivity index (χ2v) is 5.82. The first-order valence-electron chi connectivity index (χ1n) is 8.48. The molecule has 3 aromatic rings. The number of ether oxygens (including phenoxy) is 2. The van der Waals surface area contributed by atoms with Gasteiger partial charge in [0.05, 0.1) is 25.9 Å². The number of carbonyl (C=O) groups is 1. The van der Waals surface area contributed by atoms with Gasteiger partial charge in [0.1, 0.15) is 0 Å². The van der Waals surface area contributed by atoms with Crippen LogP contribution in [-0.2, 0) is 11.2 Å². The molecular formula is C20H18N4O4. The van der Waals surface area contributed by atoms with Crippen LogP contribution in [0.1, 0.15) is 17.9 Å². The van der Waals surface area contributed by atoms with Gasteiger partial charge in [-0.3, -0.25) is 4.79 Å². The van der Waals surface area contributed by atoms with Crippen LogP contribution in [-0.4, -0.2) is 30.3 Å². The summed E-state index contributed by atoms with van der Waals surface area (Å²) in [6.07, 6.45) is 0.467. The Hall–Kier alpha value is -3.86. The van der Waals surface area contributed by atoms with Gasteiger partial charge in [0, 0.05) is 24.1 Å². The Morgan fingerprint density at radius 3 is 2.75 bits per heavy atom. The van der Waals surface area contributed by atoms with Crippen LogP contribution in [0, 0.1) is 11.3 Å². The van der Waals surface area contributed by atoms with Crippen molar-refractivity contribution in [1.29, 1.82) is 5.26 Å². The minimum atomic E-state index is -0.207. The SMILES string of the molecule is COc1ccc(-c2noc(CCC(=O)Nc3cccc(C#N)c3)n2)cc1OC. The minimum absolute atomic E-state index is 0.171. The number of hydrogen-bond donors (Lipinski definition) is 1. The molecule has 1 heterocycles. The lowest BCUT2D eigenvalue weighted by atomic mass is 10.2. The summed E-state index contributed by atoms with van der Waals surface area (Å²) >= 11 is 0. The molecule has 0 fully saturated rings. The van der Waals surface area contributed by atoms with E-state index in [9.17, 15) is 4.79 Å². The molecule has 0 bridgehead atoms. The molecule has 1 N–H and O–H groups in total. The lowest BCUT2D eigenvalue weighted by Gasteiger charge is -2.07. The number of amides is 1. The molecule has 0 saturated carbocycles. The van der Waals surface area contributed by atoms with Gasteiger partial charge < -0.3 is 19.3 Å². The summed E-state index contributed by atoms with van der Waals surface area (Å²) in [6, 6.07) is 14.1. The molecule has 8 heteroatoms.